The van der Waals surface area contributed by atoms with Gasteiger partial charge in [-0.1, -0.05) is 12.1 Å². The number of halogens is 2. The number of benzene rings is 2. The molecular formula is C18H22ClI. The molecule has 0 heterocycles. The standard InChI is InChI=1S/C18H22I.ClH/c1-11-7-9-17(15(5)13(11)3)19-18-10-8-12(2)14(4)16(18)6;/h7-10H,1-6H3;1H/q+1;/p-1. The van der Waals surface area contributed by atoms with Crippen LogP contribution in [-0.2, 0) is 0 Å². The molecule has 0 amide bonds. The molecule has 2 rings (SSSR count). The van der Waals surface area contributed by atoms with E-state index in [1.165, 1.54) is 33.4 Å². The van der Waals surface area contributed by atoms with Crippen molar-refractivity contribution in [2.45, 2.75) is 41.5 Å². The van der Waals surface area contributed by atoms with Crippen LogP contribution in [0, 0.1) is 48.7 Å². The minimum atomic E-state index is -0.0738. The van der Waals surface area contributed by atoms with E-state index in [9.17, 15) is 0 Å². The van der Waals surface area contributed by atoms with Crippen LogP contribution in [0.4, 0.5) is 0 Å². The molecule has 0 aliphatic rings. The van der Waals surface area contributed by atoms with E-state index in [4.69, 9.17) is 0 Å². The molecule has 0 bridgehead atoms. The maximum Gasteiger partial charge on any atom is 0.358 e. The first kappa shape index (κ1) is 17.5. The van der Waals surface area contributed by atoms with Crippen LogP contribution in [0.1, 0.15) is 33.4 Å². The summed E-state index contributed by atoms with van der Waals surface area (Å²) in [6, 6.07) is 9.21. The van der Waals surface area contributed by atoms with Crippen molar-refractivity contribution >= 4 is 0 Å². The molecule has 20 heavy (non-hydrogen) atoms. The van der Waals surface area contributed by atoms with Gasteiger partial charge in [-0.15, -0.1) is 0 Å². The molecule has 2 aromatic carbocycles. The van der Waals surface area contributed by atoms with E-state index < -0.39 is 0 Å². The van der Waals surface area contributed by atoms with Crippen LogP contribution in [0.15, 0.2) is 24.3 Å². The van der Waals surface area contributed by atoms with Crippen LogP contribution in [-0.4, -0.2) is 0 Å². The lowest BCUT2D eigenvalue weighted by atomic mass is 10.1. The van der Waals surface area contributed by atoms with Crippen molar-refractivity contribution in [1.82, 2.24) is 0 Å². The second kappa shape index (κ2) is 6.95. The smallest absolute Gasteiger partial charge is 0.358 e. The minimum Gasteiger partial charge on any atom is -1.00 e. The molecular weight excluding hydrogens is 379 g/mol. The van der Waals surface area contributed by atoms with Crippen LogP contribution >= 0.6 is 0 Å². The summed E-state index contributed by atoms with van der Waals surface area (Å²) in [6.45, 7) is 13.4. The number of rotatable bonds is 2. The lowest BCUT2D eigenvalue weighted by Crippen LogP contribution is -3.62. The van der Waals surface area contributed by atoms with Gasteiger partial charge in [0.25, 0.3) is 0 Å². The first-order valence-corrected chi connectivity index (χ1v) is 8.86. The van der Waals surface area contributed by atoms with E-state index >= 15 is 0 Å². The molecule has 0 saturated heterocycles. The second-order valence-corrected chi connectivity index (χ2v) is 8.19. The van der Waals surface area contributed by atoms with Crippen molar-refractivity contribution in [2.24, 2.45) is 0 Å². The molecule has 0 fully saturated rings. The third-order valence-electron chi connectivity index (χ3n) is 4.19. The Hall–Kier alpha value is -0.540. The Kier molecular flexibility index (Phi) is 6.08. The zero-order chi connectivity index (χ0) is 14.2. The second-order valence-electron chi connectivity index (χ2n) is 5.32. The van der Waals surface area contributed by atoms with Crippen molar-refractivity contribution in [1.29, 1.82) is 0 Å². The van der Waals surface area contributed by atoms with Gasteiger partial charge >= 0.3 is 21.2 Å². The van der Waals surface area contributed by atoms with Crippen molar-refractivity contribution in [3.05, 3.63) is 64.8 Å². The molecule has 0 saturated carbocycles. The summed E-state index contributed by atoms with van der Waals surface area (Å²) in [5, 5.41) is 0. The lowest BCUT2D eigenvalue weighted by molar-refractivity contribution is -0.598. The number of aryl methyl sites for hydroxylation is 2. The number of hydrogen-bond acceptors (Lipinski definition) is 0. The molecule has 0 aliphatic heterocycles. The molecule has 2 aromatic rings. The highest BCUT2D eigenvalue weighted by Gasteiger charge is 2.22. The summed E-state index contributed by atoms with van der Waals surface area (Å²) < 4.78 is 3.13. The molecule has 0 aromatic heterocycles. The molecule has 0 N–H and O–H groups in total. The van der Waals surface area contributed by atoms with Crippen molar-refractivity contribution < 1.29 is 33.6 Å². The highest BCUT2D eigenvalue weighted by molar-refractivity contribution is 5.33. The molecule has 0 radical (unpaired) electrons. The summed E-state index contributed by atoms with van der Waals surface area (Å²) in [4.78, 5) is 0. The van der Waals surface area contributed by atoms with Gasteiger partial charge in [-0.2, -0.15) is 0 Å². The summed E-state index contributed by atoms with van der Waals surface area (Å²) in [5.41, 5.74) is 8.71. The molecule has 2 heteroatoms. The average molecular weight is 401 g/mol. The van der Waals surface area contributed by atoms with E-state index in [0.717, 1.165) is 0 Å². The molecule has 108 valence electrons. The summed E-state index contributed by atoms with van der Waals surface area (Å²) in [6.07, 6.45) is 0. The van der Waals surface area contributed by atoms with Gasteiger partial charge < -0.3 is 12.4 Å². The van der Waals surface area contributed by atoms with Crippen molar-refractivity contribution in [2.75, 3.05) is 0 Å². The first-order valence-electron chi connectivity index (χ1n) is 6.70. The quantitative estimate of drug-likeness (QED) is 0.548. The predicted octanol–water partition coefficient (Wildman–Crippen LogP) is -1.33. The van der Waals surface area contributed by atoms with E-state index in [0.29, 0.717) is 0 Å². The van der Waals surface area contributed by atoms with Crippen molar-refractivity contribution in [3.8, 4) is 0 Å². The van der Waals surface area contributed by atoms with Crippen LogP contribution < -0.4 is 33.6 Å². The van der Waals surface area contributed by atoms with Crippen LogP contribution in [0.2, 0.25) is 0 Å². The van der Waals surface area contributed by atoms with E-state index in [1.54, 1.807) is 7.14 Å². The monoisotopic (exact) mass is 400 g/mol. The first-order chi connectivity index (χ1) is 8.91. The van der Waals surface area contributed by atoms with E-state index in [1.807, 2.05) is 0 Å². The Bertz CT molecular complexity index is 574. The fourth-order valence-electron chi connectivity index (χ4n) is 2.16. The van der Waals surface area contributed by atoms with Gasteiger partial charge in [0.15, 0.2) is 7.14 Å². The largest absolute Gasteiger partial charge is 1.00 e. The Morgan fingerprint density at radius 1 is 0.550 bits per heavy atom. The Morgan fingerprint density at radius 3 is 1.25 bits per heavy atom. The Balaban J connectivity index is 0.00000200. The summed E-state index contributed by atoms with van der Waals surface area (Å²) >= 11 is -0.0738. The maximum atomic E-state index is 2.33. The van der Waals surface area contributed by atoms with Gasteiger partial charge in [0.1, 0.15) is 0 Å². The van der Waals surface area contributed by atoms with Gasteiger partial charge in [-0.3, -0.25) is 0 Å². The van der Waals surface area contributed by atoms with E-state index in [-0.39, 0.29) is 33.6 Å². The predicted molar refractivity (Wildman–Crippen MR) is 78.7 cm³/mol. The van der Waals surface area contributed by atoms with Gasteiger partial charge in [-0.05, 0) is 75.9 Å². The van der Waals surface area contributed by atoms with Gasteiger partial charge in [-0.25, -0.2) is 0 Å². The van der Waals surface area contributed by atoms with Crippen LogP contribution in [0.3, 0.4) is 0 Å². The van der Waals surface area contributed by atoms with Crippen LogP contribution in [0.25, 0.3) is 0 Å². The van der Waals surface area contributed by atoms with Gasteiger partial charge in [0, 0.05) is 11.1 Å². The van der Waals surface area contributed by atoms with Gasteiger partial charge in [0.2, 0.25) is 0 Å². The molecule has 0 nitrogen and oxygen atoms in total. The molecule has 0 spiro atoms. The summed E-state index contributed by atoms with van der Waals surface area (Å²) in [5.74, 6) is 0. The zero-order valence-electron chi connectivity index (χ0n) is 13.1. The molecule has 0 aliphatic carbocycles. The maximum absolute atomic E-state index is 2.33. The normalized spacial score (nSPS) is 10.3. The third-order valence-corrected chi connectivity index (χ3v) is 7.69. The lowest BCUT2D eigenvalue weighted by Gasteiger charge is -2.06. The topological polar surface area (TPSA) is 0 Å². The Labute approximate surface area is 139 Å². The zero-order valence-corrected chi connectivity index (χ0v) is 16.0. The average Bonchev–Trinajstić information content (AvgIpc) is 2.39. The third kappa shape index (κ3) is 3.37. The van der Waals surface area contributed by atoms with E-state index in [2.05, 4.69) is 65.8 Å². The van der Waals surface area contributed by atoms with Crippen molar-refractivity contribution in [3.63, 3.8) is 0 Å². The fourth-order valence-corrected chi connectivity index (χ4v) is 5.12. The Morgan fingerprint density at radius 2 is 0.900 bits per heavy atom. The SMILES string of the molecule is Cc1ccc([I+]c2ccc(C)c(C)c2C)c(C)c1C.[Cl-]. The number of hydrogen-bond donors (Lipinski definition) is 0. The van der Waals surface area contributed by atoms with Crippen LogP contribution in [0.5, 0.6) is 0 Å². The molecule has 0 atom stereocenters. The highest BCUT2D eigenvalue weighted by Crippen LogP contribution is 2.13. The fraction of sp³-hybridized carbons (Fsp3) is 0.333. The highest BCUT2D eigenvalue weighted by atomic mass is 127. The summed E-state index contributed by atoms with van der Waals surface area (Å²) in [7, 11) is 0. The minimum absolute atomic E-state index is 0. The molecule has 0 unspecified atom stereocenters. The van der Waals surface area contributed by atoms with Gasteiger partial charge in [0.05, 0.1) is 0 Å².